The van der Waals surface area contributed by atoms with Crippen molar-refractivity contribution in [3.8, 4) is 39.5 Å². The first-order valence-electron chi connectivity index (χ1n) is 11.1. The first kappa shape index (κ1) is 25.9. The van der Waals surface area contributed by atoms with Gasteiger partial charge in [0.2, 0.25) is 0 Å². The van der Waals surface area contributed by atoms with Crippen molar-refractivity contribution in [3.05, 3.63) is 103 Å². The van der Waals surface area contributed by atoms with Crippen LogP contribution < -0.4 is 14.2 Å². The van der Waals surface area contributed by atoms with Crippen LogP contribution in [0.15, 0.2) is 103 Å². The molecule has 0 unspecified atom stereocenters. The second kappa shape index (κ2) is 11.6. The maximum Gasteiger partial charge on any atom is 0.338 e. The number of hydrogen-bond acceptors (Lipinski definition) is 6. The van der Waals surface area contributed by atoms with E-state index in [2.05, 4.69) is 13.2 Å². The summed E-state index contributed by atoms with van der Waals surface area (Å²) in [7, 11) is 0. The Morgan fingerprint density at radius 2 is 1.14 bits per heavy atom. The fraction of sp³-hybridized carbons (Fsp3) is 0.100. The molecule has 0 radical (unpaired) electrons. The summed E-state index contributed by atoms with van der Waals surface area (Å²) in [6.07, 6.45) is 2.93. The third kappa shape index (κ3) is 6.67. The molecule has 3 aromatic rings. The molecule has 3 rings (SSSR count). The van der Waals surface area contributed by atoms with Gasteiger partial charge >= 0.3 is 17.9 Å². The van der Waals surface area contributed by atoms with Crippen molar-refractivity contribution >= 4 is 17.9 Å². The number of carbonyl (C=O) groups is 3. The maximum atomic E-state index is 12.3. The molecular formula is C30H26O6. The number of allylic oxidation sites excluding steroid dienone is 1. The number of ether oxygens (including phenoxy) is 3. The monoisotopic (exact) mass is 482 g/mol. The zero-order chi connectivity index (χ0) is 26.2. The molecule has 6 heteroatoms. The number of carbonyl (C=O) groups excluding carboxylic acids is 3. The van der Waals surface area contributed by atoms with E-state index >= 15 is 0 Å². The fourth-order valence-corrected chi connectivity index (χ4v) is 3.11. The van der Waals surface area contributed by atoms with Crippen molar-refractivity contribution in [2.75, 3.05) is 0 Å². The van der Waals surface area contributed by atoms with Gasteiger partial charge in [-0.2, -0.15) is 0 Å². The van der Waals surface area contributed by atoms with Gasteiger partial charge in [0.25, 0.3) is 0 Å². The molecule has 0 spiro atoms. The van der Waals surface area contributed by atoms with Crippen LogP contribution in [0.1, 0.15) is 20.8 Å². The highest BCUT2D eigenvalue weighted by molar-refractivity contribution is 5.90. The molecule has 0 aliphatic rings. The lowest BCUT2D eigenvalue weighted by Crippen LogP contribution is -2.08. The predicted octanol–water partition coefficient (Wildman–Crippen LogP) is 6.47. The summed E-state index contributed by atoms with van der Waals surface area (Å²) in [5.41, 5.74) is 3.69. The van der Waals surface area contributed by atoms with Crippen molar-refractivity contribution in [3.63, 3.8) is 0 Å². The Morgan fingerprint density at radius 1 is 0.667 bits per heavy atom. The van der Waals surface area contributed by atoms with Crippen LogP contribution in [0.2, 0.25) is 0 Å². The molecule has 0 atom stereocenters. The van der Waals surface area contributed by atoms with Crippen molar-refractivity contribution in [2.24, 2.45) is 0 Å². The molecule has 0 N–H and O–H groups in total. The Labute approximate surface area is 210 Å². The summed E-state index contributed by atoms with van der Waals surface area (Å²) in [5.74, 6) is -0.372. The second-order valence-electron chi connectivity index (χ2n) is 8.02. The van der Waals surface area contributed by atoms with Crippen LogP contribution in [0.5, 0.6) is 17.2 Å². The Hall–Kier alpha value is -4.71. The highest BCUT2D eigenvalue weighted by atomic mass is 16.5. The molecule has 0 amide bonds. The number of benzene rings is 3. The van der Waals surface area contributed by atoms with Gasteiger partial charge in [-0.05, 0) is 67.8 Å². The highest BCUT2D eigenvalue weighted by Crippen LogP contribution is 2.36. The summed E-state index contributed by atoms with van der Waals surface area (Å²) in [6, 6.07) is 19.3. The van der Waals surface area contributed by atoms with Crippen LogP contribution in [-0.4, -0.2) is 17.9 Å². The standard InChI is InChI=1S/C30H26O6/c1-6-7-28(31)36-27-18-23(21-8-13-24(14-9-21)34-29(32)19(2)3)12-17-26(27)22-10-15-25(16-11-22)35-30(33)20(4)5/h6-18H,2,4H2,1,3,5H3/b7-6+. The molecule has 3 aromatic carbocycles. The van der Waals surface area contributed by atoms with Gasteiger partial charge in [0, 0.05) is 22.8 Å². The first-order valence-corrected chi connectivity index (χ1v) is 11.1. The van der Waals surface area contributed by atoms with Gasteiger partial charge in [-0.1, -0.05) is 55.6 Å². The molecule has 36 heavy (non-hydrogen) atoms. The van der Waals surface area contributed by atoms with Gasteiger partial charge in [0.15, 0.2) is 0 Å². The van der Waals surface area contributed by atoms with Gasteiger partial charge in [0.1, 0.15) is 17.2 Å². The number of esters is 3. The molecule has 0 saturated heterocycles. The minimum Gasteiger partial charge on any atom is -0.423 e. The molecule has 0 fully saturated rings. The summed E-state index contributed by atoms with van der Waals surface area (Å²) >= 11 is 0. The van der Waals surface area contributed by atoms with Crippen LogP contribution in [0.25, 0.3) is 22.3 Å². The second-order valence-corrected chi connectivity index (χ2v) is 8.02. The Morgan fingerprint density at radius 3 is 1.61 bits per heavy atom. The van der Waals surface area contributed by atoms with Crippen LogP contribution >= 0.6 is 0 Å². The lowest BCUT2D eigenvalue weighted by molar-refractivity contribution is -0.130. The fourth-order valence-electron chi connectivity index (χ4n) is 3.11. The Balaban J connectivity index is 1.93. The normalized spacial score (nSPS) is 10.5. The zero-order valence-corrected chi connectivity index (χ0v) is 20.4. The van der Waals surface area contributed by atoms with E-state index in [1.165, 1.54) is 6.08 Å². The molecular weight excluding hydrogens is 456 g/mol. The smallest absolute Gasteiger partial charge is 0.338 e. The number of hydrogen-bond donors (Lipinski definition) is 0. The molecule has 0 aromatic heterocycles. The molecule has 0 heterocycles. The van der Waals surface area contributed by atoms with Crippen LogP contribution in [0.4, 0.5) is 0 Å². The van der Waals surface area contributed by atoms with Crippen molar-refractivity contribution < 1.29 is 28.6 Å². The first-order chi connectivity index (χ1) is 17.2. The average molecular weight is 483 g/mol. The van der Waals surface area contributed by atoms with E-state index in [4.69, 9.17) is 14.2 Å². The van der Waals surface area contributed by atoms with Gasteiger partial charge < -0.3 is 14.2 Å². The maximum absolute atomic E-state index is 12.3. The number of rotatable bonds is 8. The molecule has 0 aliphatic heterocycles. The highest BCUT2D eigenvalue weighted by Gasteiger charge is 2.13. The van der Waals surface area contributed by atoms with Crippen molar-refractivity contribution in [2.45, 2.75) is 20.8 Å². The minimum absolute atomic E-state index is 0.301. The topological polar surface area (TPSA) is 78.9 Å². The largest absolute Gasteiger partial charge is 0.423 e. The molecule has 6 nitrogen and oxygen atoms in total. The average Bonchev–Trinajstić information content (AvgIpc) is 2.85. The van der Waals surface area contributed by atoms with Gasteiger partial charge in [-0.15, -0.1) is 0 Å². The van der Waals surface area contributed by atoms with Gasteiger partial charge in [-0.25, -0.2) is 14.4 Å². The van der Waals surface area contributed by atoms with Gasteiger partial charge in [-0.3, -0.25) is 0 Å². The van der Waals surface area contributed by atoms with E-state index in [0.29, 0.717) is 34.0 Å². The molecule has 0 aliphatic carbocycles. The lowest BCUT2D eigenvalue weighted by Gasteiger charge is -2.13. The molecule has 0 bridgehead atoms. The lowest BCUT2D eigenvalue weighted by atomic mass is 9.99. The summed E-state index contributed by atoms with van der Waals surface area (Å²) < 4.78 is 16.1. The van der Waals surface area contributed by atoms with E-state index in [1.807, 2.05) is 12.1 Å². The summed E-state index contributed by atoms with van der Waals surface area (Å²) in [6.45, 7) is 12.0. The molecule has 182 valence electrons. The third-order valence-corrected chi connectivity index (χ3v) is 4.97. The van der Waals surface area contributed by atoms with Crippen LogP contribution in [-0.2, 0) is 14.4 Å². The van der Waals surface area contributed by atoms with Crippen molar-refractivity contribution in [1.82, 2.24) is 0 Å². The predicted molar refractivity (Wildman–Crippen MR) is 139 cm³/mol. The van der Waals surface area contributed by atoms with Crippen LogP contribution in [0.3, 0.4) is 0 Å². The summed E-state index contributed by atoms with van der Waals surface area (Å²) in [4.78, 5) is 35.8. The summed E-state index contributed by atoms with van der Waals surface area (Å²) in [5, 5.41) is 0. The van der Waals surface area contributed by atoms with E-state index in [1.54, 1.807) is 81.4 Å². The van der Waals surface area contributed by atoms with Gasteiger partial charge in [0.05, 0.1) is 0 Å². The van der Waals surface area contributed by atoms with E-state index < -0.39 is 17.9 Å². The van der Waals surface area contributed by atoms with E-state index in [0.717, 1.165) is 16.7 Å². The third-order valence-electron chi connectivity index (χ3n) is 4.97. The van der Waals surface area contributed by atoms with E-state index in [9.17, 15) is 14.4 Å². The van der Waals surface area contributed by atoms with E-state index in [-0.39, 0.29) is 0 Å². The quantitative estimate of drug-likeness (QED) is 0.208. The zero-order valence-electron chi connectivity index (χ0n) is 20.4. The minimum atomic E-state index is -0.509. The Kier molecular flexibility index (Phi) is 8.36. The Bertz CT molecular complexity index is 1350. The SMILES string of the molecule is C=C(C)C(=O)Oc1ccc(-c2ccc(-c3ccc(OC(=O)C(=C)C)cc3)c(OC(=O)/C=C/C)c2)cc1. The van der Waals surface area contributed by atoms with Crippen LogP contribution in [0, 0.1) is 0 Å². The van der Waals surface area contributed by atoms with Crippen molar-refractivity contribution in [1.29, 1.82) is 0 Å². The molecule has 0 saturated carbocycles.